The molecule has 353 valence electrons. The minimum absolute atomic E-state index is 0. The van der Waals surface area contributed by atoms with E-state index in [0.717, 1.165) is 55.8 Å². The van der Waals surface area contributed by atoms with Crippen molar-refractivity contribution in [1.82, 2.24) is 0 Å². The second kappa shape index (κ2) is 25.2. The normalized spacial score (nSPS) is 24.4. The summed E-state index contributed by atoms with van der Waals surface area (Å²) in [6.45, 7) is 11.2. The first-order valence-corrected chi connectivity index (χ1v) is 22.5. The van der Waals surface area contributed by atoms with Crippen LogP contribution in [0.5, 0.6) is 0 Å². The van der Waals surface area contributed by atoms with E-state index < -0.39 is 112 Å². The molecule has 21 nitrogen and oxygen atoms in total. The summed E-state index contributed by atoms with van der Waals surface area (Å²) in [5, 5.41) is 67.9. The molecule has 0 spiro atoms. The van der Waals surface area contributed by atoms with Crippen molar-refractivity contribution in [3.05, 3.63) is 0 Å². The van der Waals surface area contributed by atoms with Gasteiger partial charge in [-0.3, -0.25) is 18.1 Å². The maximum atomic E-state index is 13.0. The summed E-state index contributed by atoms with van der Waals surface area (Å²) in [5.74, 6) is 0. The molecule has 27 heteroatoms. The molecule has 0 aliphatic carbocycles. The zero-order valence-electron chi connectivity index (χ0n) is 37.9. The third kappa shape index (κ3) is 17.4. The number of aliphatic hydroxyl groups is 6. The number of hydrogen-bond acceptors (Lipinski definition) is 19. The van der Waals surface area contributed by atoms with Crippen LogP contribution in [0.3, 0.4) is 0 Å². The maximum Gasteiger partial charge on any atom is 0.472 e. The smallest absolute Gasteiger partial charge is 0.472 e. The average molecular weight is 1160 g/mol. The fourth-order valence-corrected chi connectivity index (χ4v) is 7.44. The summed E-state index contributed by atoms with van der Waals surface area (Å²) >= 11 is 0. The molecular weight excluding hydrogens is 1090 g/mol. The zero-order chi connectivity index (χ0) is 45.8. The molecule has 3 radical (unpaired) electrons. The number of phosphoric acid groups is 2. The molecule has 0 saturated carbocycles. The molecule has 8 N–H and O–H groups in total. The Kier molecular flexibility index (Phi) is 29.4. The molecule has 0 aliphatic rings. The van der Waals surface area contributed by atoms with E-state index in [9.17, 15) is 59.0 Å². The van der Waals surface area contributed by atoms with Gasteiger partial charge in [-0.15, -0.1) is 0 Å². The van der Waals surface area contributed by atoms with Gasteiger partial charge in [-0.05, 0) is 76.2 Å². The standard InChI is InChI=1S/C33H71O21P3.3Y/c1-23(2)49-20-28(8,46-14)31(11,37)26(6,35)18-51-56(42,43)54-22-30(10,48-16)33(13,39)27(7,36)19-52-57(44,45)53-21-29(9,47-15)32(12,38)25(5,34)17-50-55(40,41)24(3)4;;;/h23-24,34-39H,17-22H2,1-16H3,(H,40,41)(H,42,43)(H,44,45);;;/p-1/t25-,26-,27-,28+,29+,30+,31-,32-,33-;;;/m1.../s1. The van der Waals surface area contributed by atoms with Crippen LogP contribution in [0, 0.1) is 0 Å². The Balaban J connectivity index is -0.00000523. The molecule has 0 aliphatic heterocycles. The van der Waals surface area contributed by atoms with Crippen molar-refractivity contribution in [2.45, 2.75) is 152 Å². The van der Waals surface area contributed by atoms with Crippen molar-refractivity contribution in [2.75, 3.05) is 61.0 Å². The fourth-order valence-electron chi connectivity index (χ4n) is 4.91. The van der Waals surface area contributed by atoms with Gasteiger partial charge in [0.25, 0.3) is 0 Å². The van der Waals surface area contributed by atoms with Gasteiger partial charge in [-0.1, -0.05) is 13.8 Å². The first-order valence-electron chi connectivity index (χ1n) is 17.9. The van der Waals surface area contributed by atoms with E-state index >= 15 is 0 Å². The predicted octanol–water partition coefficient (Wildman–Crippen LogP) is 1.37. The van der Waals surface area contributed by atoms with Gasteiger partial charge >= 0.3 is 15.6 Å². The van der Waals surface area contributed by atoms with Crippen LogP contribution in [-0.2, 0) is 153 Å². The van der Waals surface area contributed by atoms with Crippen LogP contribution in [-0.4, -0.2) is 164 Å². The first-order chi connectivity index (χ1) is 25.1. The van der Waals surface area contributed by atoms with E-state index in [1.807, 2.05) is 0 Å². The average Bonchev–Trinajstić information content (AvgIpc) is 3.09. The van der Waals surface area contributed by atoms with E-state index in [0.29, 0.717) is 0 Å². The van der Waals surface area contributed by atoms with Gasteiger partial charge in [0.15, 0.2) is 0 Å². The number of ether oxygens (including phenoxy) is 4. The monoisotopic (exact) mass is 1160 g/mol. The van der Waals surface area contributed by atoms with Crippen molar-refractivity contribution in [2.24, 2.45) is 0 Å². The van der Waals surface area contributed by atoms with Crippen molar-refractivity contribution in [1.29, 1.82) is 0 Å². The molecule has 0 aromatic rings. The van der Waals surface area contributed by atoms with Crippen LogP contribution in [0.1, 0.15) is 90.0 Å². The first kappa shape index (κ1) is 69.8. The predicted molar refractivity (Wildman–Crippen MR) is 203 cm³/mol. The van der Waals surface area contributed by atoms with E-state index in [2.05, 4.69) is 0 Å². The van der Waals surface area contributed by atoms with Gasteiger partial charge in [0, 0.05) is 125 Å². The van der Waals surface area contributed by atoms with Crippen LogP contribution < -0.4 is 4.89 Å². The van der Waals surface area contributed by atoms with E-state index in [1.165, 1.54) is 41.7 Å². The topological polar surface area (TPSA) is 319 Å². The summed E-state index contributed by atoms with van der Waals surface area (Å²) in [5.41, 5.74) is -20.9. The third-order valence-corrected chi connectivity index (χ3v) is 15.0. The Morgan fingerprint density at radius 2 is 0.700 bits per heavy atom. The van der Waals surface area contributed by atoms with E-state index in [1.54, 1.807) is 13.8 Å². The third-order valence-electron chi connectivity index (χ3n) is 11.5. The van der Waals surface area contributed by atoms with Crippen molar-refractivity contribution >= 4 is 23.2 Å². The fraction of sp³-hybridized carbons (Fsp3) is 1.00. The van der Waals surface area contributed by atoms with Gasteiger partial charge in [0.1, 0.15) is 58.0 Å². The quantitative estimate of drug-likeness (QED) is 0.0513. The number of methoxy groups -OCH3 is 3. The maximum absolute atomic E-state index is 13.0. The summed E-state index contributed by atoms with van der Waals surface area (Å²) in [4.78, 5) is 33.3. The Hall–Kier alpha value is 3.28. The molecule has 0 aromatic carbocycles. The van der Waals surface area contributed by atoms with Gasteiger partial charge in [0.2, 0.25) is 0 Å². The molecule has 0 saturated heterocycles. The van der Waals surface area contributed by atoms with Gasteiger partial charge < -0.3 is 73.4 Å². The Morgan fingerprint density at radius 3 is 0.933 bits per heavy atom. The van der Waals surface area contributed by atoms with E-state index in [4.69, 9.17) is 41.6 Å². The molecular formula is C33H70O21P3Y3-. The largest absolute Gasteiger partial charge is 0.778 e. The summed E-state index contributed by atoms with van der Waals surface area (Å²) in [6.07, 6.45) is -0.261. The second-order valence-corrected chi connectivity index (χ2v) is 21.9. The SMILES string of the molecule is CO[C@@](C)(COC(C)C)[C@](C)(O)[C@](C)(O)COP(=O)(O)OC[C@](C)(OC)[C@](C)(O)[C@](C)(O)COP(=O)(O)OC[C@](C)(OC)[C@](C)(O)[C@](C)(O)COP(=O)([O-])C(C)C.[Y].[Y].[Y]. The van der Waals surface area contributed by atoms with Crippen LogP contribution in [0.2, 0.25) is 0 Å². The van der Waals surface area contributed by atoms with Crippen LogP contribution >= 0.6 is 23.2 Å². The zero-order valence-corrected chi connectivity index (χ0v) is 49.1. The molecule has 3 unspecified atom stereocenters. The molecule has 0 fully saturated rings. The van der Waals surface area contributed by atoms with Gasteiger partial charge in [-0.25, -0.2) is 9.13 Å². The molecule has 0 rings (SSSR count). The molecule has 0 heterocycles. The van der Waals surface area contributed by atoms with Crippen molar-refractivity contribution < 1.29 is 199 Å². The number of phosphoric ester groups is 2. The van der Waals surface area contributed by atoms with Gasteiger partial charge in [-0.2, -0.15) is 0 Å². The Bertz CT molecular complexity index is 1450. The Labute approximate surface area is 430 Å². The van der Waals surface area contributed by atoms with Crippen LogP contribution in [0.4, 0.5) is 0 Å². The number of rotatable bonds is 28. The van der Waals surface area contributed by atoms with Gasteiger partial charge in [0.05, 0.1) is 45.7 Å². The summed E-state index contributed by atoms with van der Waals surface area (Å²) in [7, 11) is -11.4. The second-order valence-electron chi connectivity index (χ2n) is 16.6. The van der Waals surface area contributed by atoms with E-state index in [-0.39, 0.29) is 111 Å². The molecule has 12 atom stereocenters. The summed E-state index contributed by atoms with van der Waals surface area (Å²) < 4.78 is 85.0. The van der Waals surface area contributed by atoms with Crippen LogP contribution in [0.15, 0.2) is 0 Å². The van der Waals surface area contributed by atoms with Crippen molar-refractivity contribution in [3.63, 3.8) is 0 Å². The molecule has 0 amide bonds. The Morgan fingerprint density at radius 1 is 0.467 bits per heavy atom. The van der Waals surface area contributed by atoms with Crippen LogP contribution in [0.25, 0.3) is 0 Å². The molecule has 0 bridgehead atoms. The minimum Gasteiger partial charge on any atom is -0.778 e. The number of hydrogen-bond donors (Lipinski definition) is 8. The minimum atomic E-state index is -5.22. The molecule has 60 heavy (non-hydrogen) atoms. The molecule has 0 aromatic heterocycles. The summed E-state index contributed by atoms with van der Waals surface area (Å²) in [6, 6.07) is 0. The van der Waals surface area contributed by atoms with Crippen molar-refractivity contribution in [3.8, 4) is 0 Å².